The second kappa shape index (κ2) is 7.97. The highest BCUT2D eigenvalue weighted by molar-refractivity contribution is 6.30. The number of rotatable bonds is 5. The largest absolute Gasteiger partial charge is 0.359 e. The molecule has 0 unspecified atom stereocenters. The first-order chi connectivity index (χ1) is 12.5. The molecular weight excluding hydrogens is 364 g/mol. The third-order valence-corrected chi connectivity index (χ3v) is 3.79. The number of urea groups is 1. The fraction of sp³-hybridized carbons (Fsp3) is 0.111. The molecule has 0 saturated heterocycles. The molecular formula is C18H14ClF2N3O2. The number of carbonyl (C=O) groups is 1. The predicted molar refractivity (Wildman–Crippen MR) is 92.4 cm³/mol. The van der Waals surface area contributed by atoms with Gasteiger partial charge < -0.3 is 15.2 Å². The zero-order valence-corrected chi connectivity index (χ0v) is 14.2. The number of hydrogen-bond acceptors (Lipinski definition) is 3. The van der Waals surface area contributed by atoms with Gasteiger partial charge in [0.2, 0.25) is 0 Å². The maximum Gasteiger partial charge on any atom is 0.315 e. The van der Waals surface area contributed by atoms with E-state index in [2.05, 4.69) is 15.8 Å². The lowest BCUT2D eigenvalue weighted by molar-refractivity contribution is 0.238. The van der Waals surface area contributed by atoms with Gasteiger partial charge in [-0.15, -0.1) is 0 Å². The Morgan fingerprint density at radius 2 is 1.88 bits per heavy atom. The van der Waals surface area contributed by atoms with Crippen LogP contribution in [0.5, 0.6) is 0 Å². The minimum atomic E-state index is -0.716. The van der Waals surface area contributed by atoms with Gasteiger partial charge in [-0.05, 0) is 18.2 Å². The van der Waals surface area contributed by atoms with Gasteiger partial charge in [0, 0.05) is 34.8 Å². The normalized spacial score (nSPS) is 10.6. The summed E-state index contributed by atoms with van der Waals surface area (Å²) < 4.78 is 31.5. The van der Waals surface area contributed by atoms with Crippen LogP contribution in [0.1, 0.15) is 11.3 Å². The van der Waals surface area contributed by atoms with Crippen molar-refractivity contribution in [3.63, 3.8) is 0 Å². The summed E-state index contributed by atoms with van der Waals surface area (Å²) in [5, 5.41) is 9.56. The molecule has 2 amide bonds. The third kappa shape index (κ3) is 4.58. The molecule has 1 heterocycles. The lowest BCUT2D eigenvalue weighted by atomic mass is 10.1. The predicted octanol–water partition coefficient (Wildman–Crippen LogP) is 4.27. The van der Waals surface area contributed by atoms with E-state index in [1.165, 1.54) is 6.07 Å². The molecule has 134 valence electrons. The van der Waals surface area contributed by atoms with Crippen molar-refractivity contribution in [2.75, 3.05) is 0 Å². The first-order valence-corrected chi connectivity index (χ1v) is 8.06. The summed E-state index contributed by atoms with van der Waals surface area (Å²) >= 11 is 5.94. The van der Waals surface area contributed by atoms with Crippen LogP contribution in [0.4, 0.5) is 13.6 Å². The topological polar surface area (TPSA) is 67.2 Å². The molecule has 0 aliphatic carbocycles. The highest BCUT2D eigenvalue weighted by Crippen LogP contribution is 2.22. The second-order valence-corrected chi connectivity index (χ2v) is 5.90. The van der Waals surface area contributed by atoms with Gasteiger partial charge in [0.25, 0.3) is 0 Å². The molecule has 3 rings (SSSR count). The molecule has 0 spiro atoms. The summed E-state index contributed by atoms with van der Waals surface area (Å²) in [7, 11) is 0. The number of amides is 2. The van der Waals surface area contributed by atoms with Crippen molar-refractivity contribution in [3.8, 4) is 11.3 Å². The van der Waals surface area contributed by atoms with Crippen molar-refractivity contribution >= 4 is 17.6 Å². The number of hydrogen-bond donors (Lipinski definition) is 2. The van der Waals surface area contributed by atoms with Crippen molar-refractivity contribution in [1.82, 2.24) is 15.8 Å². The van der Waals surface area contributed by atoms with Crippen LogP contribution in [0.3, 0.4) is 0 Å². The Labute approximate surface area is 153 Å². The number of carbonyl (C=O) groups excluding carboxylic acids is 1. The average Bonchev–Trinajstić information content (AvgIpc) is 3.08. The van der Waals surface area contributed by atoms with Gasteiger partial charge in [-0.25, -0.2) is 13.6 Å². The van der Waals surface area contributed by atoms with Crippen molar-refractivity contribution in [2.24, 2.45) is 0 Å². The molecule has 5 nitrogen and oxygen atoms in total. The first kappa shape index (κ1) is 17.9. The fourth-order valence-corrected chi connectivity index (χ4v) is 2.44. The third-order valence-electron chi connectivity index (χ3n) is 3.56. The SMILES string of the molecule is O=C(NCc1cc(-c2cccc(Cl)c2)no1)NCc1ccc(F)cc1F. The Bertz CT molecular complexity index is 930. The van der Waals surface area contributed by atoms with Crippen LogP contribution in [0.15, 0.2) is 53.1 Å². The van der Waals surface area contributed by atoms with Crippen molar-refractivity contribution in [1.29, 1.82) is 0 Å². The van der Waals surface area contributed by atoms with E-state index in [1.54, 1.807) is 24.3 Å². The van der Waals surface area contributed by atoms with E-state index in [0.29, 0.717) is 16.5 Å². The second-order valence-electron chi connectivity index (χ2n) is 5.46. The molecule has 1 aromatic heterocycles. The van der Waals surface area contributed by atoms with Crippen LogP contribution >= 0.6 is 11.6 Å². The molecule has 0 aliphatic heterocycles. The Kier molecular flexibility index (Phi) is 5.48. The molecule has 26 heavy (non-hydrogen) atoms. The van der Waals surface area contributed by atoms with Crippen molar-refractivity contribution < 1.29 is 18.1 Å². The Hall–Kier alpha value is -2.93. The molecule has 2 aromatic carbocycles. The van der Waals surface area contributed by atoms with E-state index in [1.807, 2.05) is 6.07 Å². The summed E-state index contributed by atoms with van der Waals surface area (Å²) in [5.74, 6) is -0.939. The molecule has 0 radical (unpaired) electrons. The molecule has 0 saturated carbocycles. The summed E-state index contributed by atoms with van der Waals surface area (Å²) in [5.41, 5.74) is 1.58. The van der Waals surface area contributed by atoms with Gasteiger partial charge >= 0.3 is 6.03 Å². The van der Waals surface area contributed by atoms with Crippen LogP contribution in [0.25, 0.3) is 11.3 Å². The maximum atomic E-state index is 13.5. The molecule has 2 N–H and O–H groups in total. The average molecular weight is 378 g/mol. The fourth-order valence-electron chi connectivity index (χ4n) is 2.25. The smallest absolute Gasteiger partial charge is 0.315 e. The zero-order chi connectivity index (χ0) is 18.5. The first-order valence-electron chi connectivity index (χ1n) is 7.68. The Balaban J connectivity index is 1.52. The van der Waals surface area contributed by atoms with Gasteiger partial charge in [0.05, 0.1) is 6.54 Å². The van der Waals surface area contributed by atoms with E-state index >= 15 is 0 Å². The van der Waals surface area contributed by atoms with E-state index in [0.717, 1.165) is 17.7 Å². The number of halogens is 3. The van der Waals surface area contributed by atoms with Crippen LogP contribution in [-0.2, 0) is 13.1 Å². The number of nitrogens with one attached hydrogen (secondary N) is 2. The van der Waals surface area contributed by atoms with Crippen molar-refractivity contribution in [3.05, 3.63) is 76.5 Å². The molecule has 3 aromatic rings. The van der Waals surface area contributed by atoms with Gasteiger partial charge in [-0.2, -0.15) is 0 Å². The van der Waals surface area contributed by atoms with Crippen LogP contribution in [0, 0.1) is 11.6 Å². The number of benzene rings is 2. The molecule has 0 bridgehead atoms. The lowest BCUT2D eigenvalue weighted by Gasteiger charge is -2.07. The van der Waals surface area contributed by atoms with E-state index in [9.17, 15) is 13.6 Å². The quantitative estimate of drug-likeness (QED) is 0.697. The molecule has 0 fully saturated rings. The van der Waals surface area contributed by atoms with Gasteiger partial charge in [-0.1, -0.05) is 35.0 Å². The van der Waals surface area contributed by atoms with Crippen LogP contribution < -0.4 is 10.6 Å². The number of aromatic nitrogens is 1. The summed E-state index contributed by atoms with van der Waals surface area (Å²) in [6.07, 6.45) is 0. The molecule has 8 heteroatoms. The highest BCUT2D eigenvalue weighted by Gasteiger charge is 2.09. The maximum absolute atomic E-state index is 13.5. The minimum absolute atomic E-state index is 0.0673. The molecule has 0 atom stereocenters. The van der Waals surface area contributed by atoms with Gasteiger partial charge in [0.1, 0.15) is 17.3 Å². The standard InChI is InChI=1S/C18H14ClF2N3O2/c19-13-3-1-2-11(6-13)17-8-15(26-24-17)10-23-18(25)22-9-12-4-5-14(20)7-16(12)21/h1-8H,9-10H2,(H2,22,23,25). The zero-order valence-electron chi connectivity index (χ0n) is 13.4. The van der Waals surface area contributed by atoms with Crippen molar-refractivity contribution in [2.45, 2.75) is 13.1 Å². The Morgan fingerprint density at radius 3 is 2.65 bits per heavy atom. The van der Waals surface area contributed by atoms with E-state index < -0.39 is 17.7 Å². The monoisotopic (exact) mass is 377 g/mol. The van der Waals surface area contributed by atoms with E-state index in [-0.39, 0.29) is 18.7 Å². The summed E-state index contributed by atoms with van der Waals surface area (Å²) in [4.78, 5) is 11.8. The molecule has 0 aliphatic rings. The highest BCUT2D eigenvalue weighted by atomic mass is 35.5. The summed E-state index contributed by atoms with van der Waals surface area (Å²) in [6, 6.07) is 11.5. The number of nitrogens with zero attached hydrogens (tertiary/aromatic N) is 1. The van der Waals surface area contributed by atoms with Crippen LogP contribution in [-0.4, -0.2) is 11.2 Å². The van der Waals surface area contributed by atoms with Gasteiger partial charge in [-0.3, -0.25) is 0 Å². The Morgan fingerprint density at radius 1 is 1.08 bits per heavy atom. The summed E-state index contributed by atoms with van der Waals surface area (Å²) in [6.45, 7) is 0.0351. The lowest BCUT2D eigenvalue weighted by Crippen LogP contribution is -2.34. The van der Waals surface area contributed by atoms with Crippen LogP contribution in [0.2, 0.25) is 5.02 Å². The van der Waals surface area contributed by atoms with E-state index in [4.69, 9.17) is 16.1 Å². The minimum Gasteiger partial charge on any atom is -0.359 e. The van der Waals surface area contributed by atoms with Gasteiger partial charge in [0.15, 0.2) is 5.76 Å².